The molecule has 1 aromatic rings. The van der Waals surface area contributed by atoms with Crippen molar-refractivity contribution in [2.75, 3.05) is 24.6 Å². The summed E-state index contributed by atoms with van der Waals surface area (Å²) in [6, 6.07) is 11.5. The van der Waals surface area contributed by atoms with Crippen LogP contribution in [0.25, 0.3) is 0 Å². The van der Waals surface area contributed by atoms with E-state index in [1.807, 2.05) is 0 Å². The van der Waals surface area contributed by atoms with Crippen LogP contribution in [0.4, 0.5) is 0 Å². The molecule has 3 heteroatoms. The number of thioether (sulfide) groups is 1. The molecule has 0 radical (unpaired) electrons. The maximum atomic E-state index is 5.64. The van der Waals surface area contributed by atoms with Crippen molar-refractivity contribution in [3.05, 3.63) is 35.9 Å². The second kappa shape index (κ2) is 7.04. The summed E-state index contributed by atoms with van der Waals surface area (Å²) in [5, 5.41) is 0. The molecule has 0 amide bonds. The average molecular weight is 250 g/mol. The number of nitrogens with two attached hydrogens (primary N) is 1. The number of rotatable bonds is 6. The van der Waals surface area contributed by atoms with Gasteiger partial charge in [0, 0.05) is 24.9 Å². The molecule has 0 aliphatic carbocycles. The molecule has 2 nitrogen and oxygen atoms in total. The summed E-state index contributed by atoms with van der Waals surface area (Å²) in [7, 11) is 0. The van der Waals surface area contributed by atoms with E-state index in [-0.39, 0.29) is 0 Å². The van der Waals surface area contributed by atoms with Gasteiger partial charge in [-0.2, -0.15) is 11.8 Å². The molecule has 1 aliphatic heterocycles. The third-order valence-corrected chi connectivity index (χ3v) is 4.44. The molecule has 1 saturated heterocycles. The summed E-state index contributed by atoms with van der Waals surface area (Å²) in [4.78, 5) is 2.61. The van der Waals surface area contributed by atoms with E-state index in [0.29, 0.717) is 0 Å². The van der Waals surface area contributed by atoms with Crippen molar-refractivity contribution in [1.29, 1.82) is 0 Å². The van der Waals surface area contributed by atoms with Crippen LogP contribution in [0.2, 0.25) is 0 Å². The zero-order chi connectivity index (χ0) is 11.9. The van der Waals surface area contributed by atoms with Gasteiger partial charge in [0.15, 0.2) is 0 Å². The lowest BCUT2D eigenvalue weighted by Gasteiger charge is -2.28. The van der Waals surface area contributed by atoms with Gasteiger partial charge in [0.1, 0.15) is 0 Å². The molecule has 17 heavy (non-hydrogen) atoms. The first kappa shape index (κ1) is 12.9. The molecule has 1 unspecified atom stereocenters. The first-order chi connectivity index (χ1) is 8.40. The van der Waals surface area contributed by atoms with Gasteiger partial charge in [-0.05, 0) is 30.7 Å². The standard InChI is InChI=1S/C14H22N2S/c15-8-4-9-16(14-7-10-17-12-14)11-13-5-2-1-3-6-13/h1-3,5-6,14H,4,7-12,15H2. The van der Waals surface area contributed by atoms with Crippen molar-refractivity contribution in [3.8, 4) is 0 Å². The minimum Gasteiger partial charge on any atom is -0.330 e. The van der Waals surface area contributed by atoms with E-state index < -0.39 is 0 Å². The maximum absolute atomic E-state index is 5.64. The highest BCUT2D eigenvalue weighted by Gasteiger charge is 2.22. The Labute approximate surface area is 109 Å². The monoisotopic (exact) mass is 250 g/mol. The SMILES string of the molecule is NCCCN(Cc1ccccc1)C1CCSC1. The minimum atomic E-state index is 0.756. The first-order valence-corrected chi connectivity index (χ1v) is 7.61. The van der Waals surface area contributed by atoms with Crippen LogP contribution < -0.4 is 5.73 Å². The fraction of sp³-hybridized carbons (Fsp3) is 0.571. The van der Waals surface area contributed by atoms with Crippen molar-refractivity contribution >= 4 is 11.8 Å². The molecule has 0 bridgehead atoms. The minimum absolute atomic E-state index is 0.756. The van der Waals surface area contributed by atoms with E-state index in [4.69, 9.17) is 5.73 Å². The Kier molecular flexibility index (Phi) is 5.36. The van der Waals surface area contributed by atoms with Crippen LogP contribution in [0.15, 0.2) is 30.3 Å². The molecule has 94 valence electrons. The van der Waals surface area contributed by atoms with Gasteiger partial charge >= 0.3 is 0 Å². The van der Waals surface area contributed by atoms with E-state index >= 15 is 0 Å². The Morgan fingerprint density at radius 1 is 1.29 bits per heavy atom. The van der Waals surface area contributed by atoms with Crippen LogP contribution in [-0.2, 0) is 6.54 Å². The predicted molar refractivity (Wildman–Crippen MR) is 76.3 cm³/mol. The van der Waals surface area contributed by atoms with Crippen LogP contribution in [0, 0.1) is 0 Å². The van der Waals surface area contributed by atoms with Crippen molar-refractivity contribution in [1.82, 2.24) is 4.90 Å². The summed E-state index contributed by atoms with van der Waals surface area (Å²) in [5.41, 5.74) is 7.05. The molecule has 0 spiro atoms. The second-order valence-electron chi connectivity index (χ2n) is 4.62. The summed E-state index contributed by atoms with van der Waals surface area (Å²) in [5.74, 6) is 2.61. The quantitative estimate of drug-likeness (QED) is 0.840. The molecule has 1 atom stereocenters. The smallest absolute Gasteiger partial charge is 0.0237 e. The Balaban J connectivity index is 1.94. The van der Waals surface area contributed by atoms with Crippen LogP contribution in [0.3, 0.4) is 0 Å². The maximum Gasteiger partial charge on any atom is 0.0237 e. The van der Waals surface area contributed by atoms with Gasteiger partial charge in [-0.25, -0.2) is 0 Å². The van der Waals surface area contributed by atoms with Crippen LogP contribution >= 0.6 is 11.8 Å². The van der Waals surface area contributed by atoms with Gasteiger partial charge in [-0.1, -0.05) is 30.3 Å². The lowest BCUT2D eigenvalue weighted by Crippen LogP contribution is -2.36. The fourth-order valence-electron chi connectivity index (χ4n) is 2.31. The molecule has 1 aromatic carbocycles. The molecular formula is C14H22N2S. The highest BCUT2D eigenvalue weighted by Crippen LogP contribution is 2.23. The third kappa shape index (κ3) is 4.02. The van der Waals surface area contributed by atoms with Crippen LogP contribution in [-0.4, -0.2) is 35.5 Å². The molecule has 2 N–H and O–H groups in total. The summed E-state index contributed by atoms with van der Waals surface area (Å²) in [6.45, 7) is 3.01. The number of nitrogens with zero attached hydrogens (tertiary/aromatic N) is 1. The Morgan fingerprint density at radius 2 is 2.12 bits per heavy atom. The van der Waals surface area contributed by atoms with Gasteiger partial charge in [-0.15, -0.1) is 0 Å². The third-order valence-electron chi connectivity index (χ3n) is 3.30. The lowest BCUT2D eigenvalue weighted by atomic mass is 10.1. The van der Waals surface area contributed by atoms with Crippen molar-refractivity contribution < 1.29 is 0 Å². The summed E-state index contributed by atoms with van der Waals surface area (Å²) < 4.78 is 0. The normalized spacial score (nSPS) is 20.0. The van der Waals surface area contributed by atoms with E-state index in [1.165, 1.54) is 23.5 Å². The molecule has 0 aromatic heterocycles. The van der Waals surface area contributed by atoms with Gasteiger partial charge in [0.05, 0.1) is 0 Å². The van der Waals surface area contributed by atoms with Gasteiger partial charge < -0.3 is 5.73 Å². The van der Waals surface area contributed by atoms with Crippen molar-refractivity contribution in [2.45, 2.75) is 25.4 Å². The van der Waals surface area contributed by atoms with Crippen molar-refractivity contribution in [2.24, 2.45) is 5.73 Å². The Bertz CT molecular complexity index is 309. The summed E-state index contributed by atoms with van der Waals surface area (Å²) in [6.07, 6.45) is 2.44. The van der Waals surface area contributed by atoms with E-state index in [9.17, 15) is 0 Å². The van der Waals surface area contributed by atoms with Gasteiger partial charge in [0.2, 0.25) is 0 Å². The predicted octanol–water partition coefficient (Wildman–Crippen LogP) is 2.34. The second-order valence-corrected chi connectivity index (χ2v) is 5.77. The Hall–Kier alpha value is -0.510. The number of benzene rings is 1. The van der Waals surface area contributed by atoms with E-state index in [1.54, 1.807) is 0 Å². The molecule has 1 heterocycles. The van der Waals surface area contributed by atoms with Crippen LogP contribution in [0.1, 0.15) is 18.4 Å². The molecule has 2 rings (SSSR count). The first-order valence-electron chi connectivity index (χ1n) is 6.46. The van der Waals surface area contributed by atoms with Crippen molar-refractivity contribution in [3.63, 3.8) is 0 Å². The lowest BCUT2D eigenvalue weighted by molar-refractivity contribution is 0.202. The Morgan fingerprint density at radius 3 is 2.76 bits per heavy atom. The largest absolute Gasteiger partial charge is 0.330 e. The zero-order valence-electron chi connectivity index (χ0n) is 10.3. The number of hydrogen-bond acceptors (Lipinski definition) is 3. The van der Waals surface area contributed by atoms with Gasteiger partial charge in [0.25, 0.3) is 0 Å². The average Bonchev–Trinajstić information content (AvgIpc) is 2.89. The zero-order valence-corrected chi connectivity index (χ0v) is 11.2. The summed E-state index contributed by atoms with van der Waals surface area (Å²) >= 11 is 2.08. The molecular weight excluding hydrogens is 228 g/mol. The molecule has 0 saturated carbocycles. The van der Waals surface area contributed by atoms with Crippen LogP contribution in [0.5, 0.6) is 0 Å². The fourth-order valence-corrected chi connectivity index (χ4v) is 3.57. The number of hydrogen-bond donors (Lipinski definition) is 1. The topological polar surface area (TPSA) is 29.3 Å². The van der Waals surface area contributed by atoms with Gasteiger partial charge in [-0.3, -0.25) is 4.90 Å². The molecule has 1 aliphatic rings. The highest BCUT2D eigenvalue weighted by atomic mass is 32.2. The molecule has 1 fully saturated rings. The van der Waals surface area contributed by atoms with E-state index in [0.717, 1.165) is 32.1 Å². The highest BCUT2D eigenvalue weighted by molar-refractivity contribution is 7.99. The van der Waals surface area contributed by atoms with E-state index in [2.05, 4.69) is 47.0 Å².